The van der Waals surface area contributed by atoms with Crippen LogP contribution in [-0.4, -0.2) is 59.9 Å². The van der Waals surface area contributed by atoms with Crippen molar-refractivity contribution in [1.82, 2.24) is 14.8 Å². The summed E-state index contributed by atoms with van der Waals surface area (Å²) in [4.78, 5) is 32.8. The Labute approximate surface area is 153 Å². The maximum Gasteiger partial charge on any atom is 0.253 e. The van der Waals surface area contributed by atoms with E-state index >= 15 is 0 Å². The molecule has 1 fully saturated rings. The van der Waals surface area contributed by atoms with Crippen LogP contribution in [0.2, 0.25) is 0 Å². The van der Waals surface area contributed by atoms with E-state index in [4.69, 9.17) is 4.74 Å². The number of hydrogen-bond acceptors (Lipinski definition) is 4. The fraction of sp³-hybridized carbons (Fsp3) is 0.350. The third-order valence-corrected chi connectivity index (χ3v) is 4.58. The van der Waals surface area contributed by atoms with Gasteiger partial charge in [0.15, 0.2) is 0 Å². The lowest BCUT2D eigenvalue weighted by Crippen LogP contribution is -2.50. The van der Waals surface area contributed by atoms with Crippen molar-refractivity contribution in [3.8, 4) is 5.75 Å². The van der Waals surface area contributed by atoms with E-state index < -0.39 is 0 Å². The lowest BCUT2D eigenvalue weighted by atomic mass is 10.1. The highest BCUT2D eigenvalue weighted by Gasteiger charge is 2.24. The lowest BCUT2D eigenvalue weighted by Gasteiger charge is -2.35. The molecule has 0 spiro atoms. The van der Waals surface area contributed by atoms with Crippen LogP contribution in [0.5, 0.6) is 5.75 Å². The van der Waals surface area contributed by atoms with E-state index in [1.54, 1.807) is 42.5 Å². The van der Waals surface area contributed by atoms with Crippen LogP contribution in [0.4, 0.5) is 0 Å². The maximum atomic E-state index is 12.6. The van der Waals surface area contributed by atoms with E-state index in [-0.39, 0.29) is 11.8 Å². The molecule has 136 valence electrons. The molecular weight excluding hydrogens is 330 g/mol. The summed E-state index contributed by atoms with van der Waals surface area (Å²) in [5.41, 5.74) is 1.56. The average molecular weight is 353 g/mol. The molecule has 6 heteroatoms. The lowest BCUT2D eigenvalue weighted by molar-refractivity contribution is -0.132. The van der Waals surface area contributed by atoms with Crippen LogP contribution in [0.3, 0.4) is 0 Å². The number of hydrogen-bond donors (Lipinski definition) is 0. The van der Waals surface area contributed by atoms with Gasteiger partial charge in [0.25, 0.3) is 5.91 Å². The predicted molar refractivity (Wildman–Crippen MR) is 98.0 cm³/mol. The highest BCUT2D eigenvalue weighted by atomic mass is 16.5. The summed E-state index contributed by atoms with van der Waals surface area (Å²) in [6, 6.07) is 12.8. The van der Waals surface area contributed by atoms with Crippen LogP contribution in [-0.2, 0) is 11.2 Å². The van der Waals surface area contributed by atoms with Crippen LogP contribution in [0, 0.1) is 0 Å². The van der Waals surface area contributed by atoms with Crippen molar-refractivity contribution < 1.29 is 14.3 Å². The van der Waals surface area contributed by atoms with Gasteiger partial charge in [-0.1, -0.05) is 6.07 Å². The molecule has 2 amide bonds. The number of ether oxygens (including phenoxy) is 1. The molecular formula is C20H23N3O3. The van der Waals surface area contributed by atoms with Gasteiger partial charge in [0.2, 0.25) is 5.91 Å². The Morgan fingerprint density at radius 2 is 1.69 bits per heavy atom. The predicted octanol–water partition coefficient (Wildman–Crippen LogP) is 2.01. The van der Waals surface area contributed by atoms with Gasteiger partial charge in [0, 0.05) is 50.1 Å². The number of nitrogens with zero attached hydrogens (tertiary/aromatic N) is 3. The van der Waals surface area contributed by atoms with Crippen LogP contribution in [0.1, 0.15) is 22.5 Å². The number of pyridine rings is 1. The van der Waals surface area contributed by atoms with Crippen molar-refractivity contribution in [2.45, 2.75) is 12.8 Å². The third-order valence-electron chi connectivity index (χ3n) is 4.58. The fourth-order valence-electron chi connectivity index (χ4n) is 3.01. The van der Waals surface area contributed by atoms with E-state index in [2.05, 4.69) is 4.98 Å². The second kappa shape index (κ2) is 8.47. The van der Waals surface area contributed by atoms with E-state index in [1.165, 1.54) is 0 Å². The molecule has 0 aliphatic carbocycles. The van der Waals surface area contributed by atoms with Crippen LogP contribution < -0.4 is 4.74 Å². The normalized spacial score (nSPS) is 14.2. The first-order valence-corrected chi connectivity index (χ1v) is 8.78. The Morgan fingerprint density at radius 1 is 1.00 bits per heavy atom. The second-order valence-corrected chi connectivity index (χ2v) is 6.22. The van der Waals surface area contributed by atoms with Gasteiger partial charge >= 0.3 is 0 Å². The fourth-order valence-corrected chi connectivity index (χ4v) is 3.01. The Kier molecular flexibility index (Phi) is 5.84. The smallest absolute Gasteiger partial charge is 0.253 e. The topological polar surface area (TPSA) is 62.7 Å². The number of methoxy groups -OCH3 is 1. The largest absolute Gasteiger partial charge is 0.497 e. The molecule has 2 aromatic rings. The number of rotatable bonds is 5. The number of carbonyl (C=O) groups is 2. The molecule has 1 saturated heterocycles. The minimum absolute atomic E-state index is 0.00626. The monoisotopic (exact) mass is 353 g/mol. The van der Waals surface area contributed by atoms with Gasteiger partial charge < -0.3 is 14.5 Å². The quantitative estimate of drug-likeness (QED) is 0.825. The van der Waals surface area contributed by atoms with Crippen molar-refractivity contribution in [2.24, 2.45) is 0 Å². The Bertz CT molecular complexity index is 739. The van der Waals surface area contributed by atoms with Crippen molar-refractivity contribution >= 4 is 11.8 Å². The van der Waals surface area contributed by atoms with Gasteiger partial charge in [0.1, 0.15) is 5.75 Å². The molecule has 0 bridgehead atoms. The number of aromatic nitrogens is 1. The molecule has 0 saturated carbocycles. The first-order valence-electron chi connectivity index (χ1n) is 8.78. The average Bonchev–Trinajstić information content (AvgIpc) is 2.72. The van der Waals surface area contributed by atoms with Gasteiger partial charge in [-0.15, -0.1) is 0 Å². The summed E-state index contributed by atoms with van der Waals surface area (Å²) in [5.74, 6) is 0.838. The van der Waals surface area contributed by atoms with Crippen molar-refractivity contribution in [1.29, 1.82) is 0 Å². The summed E-state index contributed by atoms with van der Waals surface area (Å²) >= 11 is 0. The Morgan fingerprint density at radius 3 is 2.31 bits per heavy atom. The number of piperazine rings is 1. The molecule has 0 unspecified atom stereocenters. The van der Waals surface area contributed by atoms with E-state index in [0.717, 1.165) is 11.4 Å². The second-order valence-electron chi connectivity index (χ2n) is 6.22. The molecule has 1 aromatic carbocycles. The molecule has 2 heterocycles. The summed E-state index contributed by atoms with van der Waals surface area (Å²) in [7, 11) is 1.60. The molecule has 26 heavy (non-hydrogen) atoms. The van der Waals surface area contributed by atoms with Crippen LogP contribution in [0.15, 0.2) is 48.7 Å². The maximum absolute atomic E-state index is 12.6. The minimum Gasteiger partial charge on any atom is -0.497 e. The standard InChI is InChI=1S/C20H23N3O3/c1-26-18-8-5-16(6-9-18)20(25)23-14-12-22(13-15-23)19(24)10-7-17-4-2-3-11-21-17/h2-6,8-9,11H,7,10,12-15H2,1H3. The molecule has 1 aromatic heterocycles. The zero-order valence-electron chi connectivity index (χ0n) is 14.9. The van der Waals surface area contributed by atoms with Gasteiger partial charge in [-0.25, -0.2) is 0 Å². The zero-order chi connectivity index (χ0) is 18.4. The van der Waals surface area contributed by atoms with Gasteiger partial charge in [-0.3, -0.25) is 14.6 Å². The molecule has 1 aliphatic rings. The number of carbonyl (C=O) groups excluding carboxylic acids is 2. The molecule has 1 aliphatic heterocycles. The molecule has 0 radical (unpaired) electrons. The van der Waals surface area contributed by atoms with Crippen molar-refractivity contribution in [3.05, 3.63) is 59.9 Å². The molecule has 3 rings (SSSR count). The highest BCUT2D eigenvalue weighted by molar-refractivity contribution is 5.94. The van der Waals surface area contributed by atoms with Gasteiger partial charge in [-0.2, -0.15) is 0 Å². The number of benzene rings is 1. The van der Waals surface area contributed by atoms with Crippen LogP contribution in [0.25, 0.3) is 0 Å². The van der Waals surface area contributed by atoms with Crippen LogP contribution >= 0.6 is 0 Å². The first kappa shape index (κ1) is 17.9. The number of amides is 2. The first-order chi connectivity index (χ1) is 12.7. The summed E-state index contributed by atoms with van der Waals surface area (Å²) < 4.78 is 5.12. The number of aryl methyl sites for hydroxylation is 1. The third kappa shape index (κ3) is 4.39. The zero-order valence-corrected chi connectivity index (χ0v) is 14.9. The van der Waals surface area contributed by atoms with Gasteiger partial charge in [-0.05, 0) is 42.8 Å². The van der Waals surface area contributed by atoms with E-state index in [0.29, 0.717) is 44.6 Å². The molecule has 0 N–H and O–H groups in total. The van der Waals surface area contributed by atoms with E-state index in [1.807, 2.05) is 23.1 Å². The summed E-state index contributed by atoms with van der Waals surface area (Å²) in [6.07, 6.45) is 2.83. The summed E-state index contributed by atoms with van der Waals surface area (Å²) in [6.45, 7) is 2.26. The van der Waals surface area contributed by atoms with Gasteiger partial charge in [0.05, 0.1) is 7.11 Å². The Balaban J connectivity index is 1.48. The molecule has 0 atom stereocenters. The Hall–Kier alpha value is -2.89. The molecule has 6 nitrogen and oxygen atoms in total. The summed E-state index contributed by atoms with van der Waals surface area (Å²) in [5, 5.41) is 0. The SMILES string of the molecule is COc1ccc(C(=O)N2CCN(C(=O)CCc3ccccn3)CC2)cc1. The van der Waals surface area contributed by atoms with Crippen molar-refractivity contribution in [2.75, 3.05) is 33.3 Å². The minimum atomic E-state index is -0.00626. The van der Waals surface area contributed by atoms with E-state index in [9.17, 15) is 9.59 Å². The van der Waals surface area contributed by atoms with Crippen molar-refractivity contribution in [3.63, 3.8) is 0 Å². The highest BCUT2D eigenvalue weighted by Crippen LogP contribution is 2.15.